The van der Waals surface area contributed by atoms with Gasteiger partial charge in [-0.25, -0.2) is 19.2 Å². The number of imidazole rings is 1. The van der Waals surface area contributed by atoms with Crippen LogP contribution in [0.5, 0.6) is 5.75 Å². The maximum absolute atomic E-state index is 13.9. The smallest absolute Gasteiger partial charge is 0.356 e. The fourth-order valence-electron chi connectivity index (χ4n) is 3.10. The standard InChI is InChI=1S/C17H13BrFN3O4S/c1-7-15(27-6-20-7)14(23)13-12(17(24)25)21-16-8-4-9(18)10(19)5-11(8)26-3-2-22(13)16/h4-6,14,23H,2-3H2,1H3,(H,24,25). The van der Waals surface area contributed by atoms with Crippen LogP contribution >= 0.6 is 27.3 Å². The van der Waals surface area contributed by atoms with Gasteiger partial charge in [-0.15, -0.1) is 11.3 Å². The van der Waals surface area contributed by atoms with E-state index in [0.717, 1.165) is 0 Å². The number of hydrogen-bond acceptors (Lipinski definition) is 6. The van der Waals surface area contributed by atoms with Crippen LogP contribution in [0.25, 0.3) is 11.4 Å². The Kier molecular flexibility index (Phi) is 4.49. The van der Waals surface area contributed by atoms with Crippen molar-refractivity contribution in [2.24, 2.45) is 0 Å². The molecular formula is C17H13BrFN3O4S. The molecular weight excluding hydrogens is 441 g/mol. The largest absolute Gasteiger partial charge is 0.491 e. The second-order valence-corrected chi connectivity index (χ2v) is 7.68. The van der Waals surface area contributed by atoms with Crippen molar-refractivity contribution in [3.8, 4) is 17.1 Å². The van der Waals surface area contributed by atoms with E-state index in [0.29, 0.717) is 22.0 Å². The average molecular weight is 454 g/mol. The summed E-state index contributed by atoms with van der Waals surface area (Å²) < 4.78 is 21.3. The molecule has 0 amide bonds. The van der Waals surface area contributed by atoms with Gasteiger partial charge >= 0.3 is 5.97 Å². The third-order valence-corrected chi connectivity index (χ3v) is 5.93. The molecule has 2 aromatic heterocycles. The number of fused-ring (bicyclic) bond motifs is 3. The van der Waals surface area contributed by atoms with Crippen molar-refractivity contribution in [2.45, 2.75) is 19.6 Å². The number of carboxylic acids is 1. The minimum Gasteiger partial charge on any atom is -0.491 e. The highest BCUT2D eigenvalue weighted by Gasteiger charge is 2.32. The molecule has 0 spiro atoms. The lowest BCUT2D eigenvalue weighted by Crippen LogP contribution is -2.15. The molecule has 0 radical (unpaired) electrons. The van der Waals surface area contributed by atoms with Crippen molar-refractivity contribution in [3.05, 3.63) is 49.9 Å². The van der Waals surface area contributed by atoms with Crippen molar-refractivity contribution in [3.63, 3.8) is 0 Å². The van der Waals surface area contributed by atoms with E-state index in [1.165, 1.54) is 23.5 Å². The first-order valence-electron chi connectivity index (χ1n) is 7.92. The maximum atomic E-state index is 13.9. The Morgan fingerprint density at radius 1 is 1.48 bits per heavy atom. The molecule has 1 atom stereocenters. The van der Waals surface area contributed by atoms with Gasteiger partial charge in [-0.1, -0.05) is 0 Å². The molecule has 1 aliphatic heterocycles. The third-order valence-electron chi connectivity index (χ3n) is 4.34. The number of halogens is 2. The lowest BCUT2D eigenvalue weighted by atomic mass is 10.1. The number of thiazole rings is 1. The molecule has 27 heavy (non-hydrogen) atoms. The SMILES string of the molecule is Cc1ncsc1C(O)c1c(C(=O)O)nc2n1CCOc1cc(F)c(Br)cc1-2. The summed E-state index contributed by atoms with van der Waals surface area (Å²) in [5.74, 6) is -1.17. The second kappa shape index (κ2) is 6.70. The first kappa shape index (κ1) is 18.1. The van der Waals surface area contributed by atoms with Crippen LogP contribution in [0.2, 0.25) is 0 Å². The number of benzene rings is 1. The minimum absolute atomic E-state index is 0.154. The van der Waals surface area contributed by atoms with E-state index >= 15 is 0 Å². The van der Waals surface area contributed by atoms with Crippen LogP contribution in [0.3, 0.4) is 0 Å². The number of ether oxygens (including phenoxy) is 1. The monoisotopic (exact) mass is 453 g/mol. The molecule has 10 heteroatoms. The third kappa shape index (κ3) is 2.93. The summed E-state index contributed by atoms with van der Waals surface area (Å²) in [5, 5.41) is 20.6. The molecule has 1 aliphatic rings. The molecule has 3 aromatic rings. The second-order valence-electron chi connectivity index (χ2n) is 5.94. The highest BCUT2D eigenvalue weighted by molar-refractivity contribution is 9.10. The summed E-state index contributed by atoms with van der Waals surface area (Å²) in [6, 6.07) is 2.72. The van der Waals surface area contributed by atoms with Gasteiger partial charge in [-0.05, 0) is 28.9 Å². The first-order valence-corrected chi connectivity index (χ1v) is 9.59. The van der Waals surface area contributed by atoms with Gasteiger partial charge in [0.2, 0.25) is 0 Å². The van der Waals surface area contributed by atoms with E-state index in [9.17, 15) is 19.4 Å². The van der Waals surface area contributed by atoms with Crippen LogP contribution < -0.4 is 4.74 Å². The zero-order valence-electron chi connectivity index (χ0n) is 13.9. The molecule has 0 bridgehead atoms. The predicted molar refractivity (Wildman–Crippen MR) is 98.7 cm³/mol. The van der Waals surface area contributed by atoms with E-state index in [4.69, 9.17) is 4.74 Å². The van der Waals surface area contributed by atoms with E-state index in [1.54, 1.807) is 17.0 Å². The number of aryl methyl sites for hydroxylation is 1. The van der Waals surface area contributed by atoms with Gasteiger partial charge in [0.1, 0.15) is 30.1 Å². The minimum atomic E-state index is -1.25. The first-order chi connectivity index (χ1) is 12.9. The number of aliphatic hydroxyl groups is 1. The number of nitrogens with zero attached hydrogens (tertiary/aromatic N) is 3. The molecule has 1 aromatic carbocycles. The van der Waals surface area contributed by atoms with Crippen molar-refractivity contribution in [1.29, 1.82) is 0 Å². The molecule has 4 rings (SSSR count). The molecule has 0 saturated carbocycles. The molecule has 2 N–H and O–H groups in total. The molecule has 3 heterocycles. The zero-order chi connectivity index (χ0) is 19.3. The van der Waals surface area contributed by atoms with E-state index < -0.39 is 17.9 Å². The van der Waals surface area contributed by atoms with Gasteiger partial charge in [0.15, 0.2) is 5.69 Å². The van der Waals surface area contributed by atoms with Crippen LogP contribution in [0.4, 0.5) is 4.39 Å². The number of carboxylic acid groups (broad SMARTS) is 1. The summed E-state index contributed by atoms with van der Waals surface area (Å²) >= 11 is 4.37. The number of aliphatic hydroxyl groups excluding tert-OH is 1. The van der Waals surface area contributed by atoms with Crippen LogP contribution in [-0.2, 0) is 6.54 Å². The lowest BCUT2D eigenvalue weighted by molar-refractivity contribution is 0.0684. The predicted octanol–water partition coefficient (Wildman–Crippen LogP) is 3.39. The Balaban J connectivity index is 1.97. The van der Waals surface area contributed by atoms with Crippen molar-refractivity contribution in [2.75, 3.05) is 6.61 Å². The van der Waals surface area contributed by atoms with Crippen LogP contribution in [0.15, 0.2) is 22.1 Å². The van der Waals surface area contributed by atoms with Crippen LogP contribution in [0, 0.1) is 12.7 Å². The summed E-state index contributed by atoms with van der Waals surface area (Å²) in [5.41, 5.74) is 2.56. The number of rotatable bonds is 3. The van der Waals surface area contributed by atoms with Gasteiger partial charge in [0, 0.05) is 6.07 Å². The highest BCUT2D eigenvalue weighted by atomic mass is 79.9. The van der Waals surface area contributed by atoms with Gasteiger partial charge in [-0.2, -0.15) is 0 Å². The fourth-order valence-corrected chi connectivity index (χ4v) is 4.23. The Morgan fingerprint density at radius 3 is 2.93 bits per heavy atom. The summed E-state index contributed by atoms with van der Waals surface area (Å²) in [4.78, 5) is 20.7. The molecule has 0 aliphatic carbocycles. The topological polar surface area (TPSA) is 97.5 Å². The van der Waals surface area contributed by atoms with E-state index in [-0.39, 0.29) is 34.8 Å². The molecule has 140 valence electrons. The number of aromatic carboxylic acids is 1. The van der Waals surface area contributed by atoms with Gasteiger partial charge < -0.3 is 19.5 Å². The zero-order valence-corrected chi connectivity index (χ0v) is 16.3. The number of carbonyl (C=O) groups is 1. The Labute approximate surface area is 165 Å². The summed E-state index contributed by atoms with van der Waals surface area (Å²) in [6.45, 7) is 2.18. The van der Waals surface area contributed by atoms with Crippen LogP contribution in [-0.4, -0.2) is 37.3 Å². The van der Waals surface area contributed by atoms with E-state index in [2.05, 4.69) is 25.9 Å². The van der Waals surface area contributed by atoms with Crippen LogP contribution in [0.1, 0.15) is 32.9 Å². The van der Waals surface area contributed by atoms with Crippen molar-refractivity contribution >= 4 is 33.2 Å². The van der Waals surface area contributed by atoms with Gasteiger partial charge in [-0.3, -0.25) is 0 Å². The van der Waals surface area contributed by atoms with Gasteiger partial charge in [0.25, 0.3) is 0 Å². The Bertz CT molecular complexity index is 1060. The van der Waals surface area contributed by atoms with E-state index in [1.807, 2.05) is 0 Å². The number of aromatic nitrogens is 3. The maximum Gasteiger partial charge on any atom is 0.356 e. The quantitative estimate of drug-likeness (QED) is 0.630. The molecule has 7 nitrogen and oxygen atoms in total. The highest BCUT2D eigenvalue weighted by Crippen LogP contribution is 2.39. The summed E-state index contributed by atoms with van der Waals surface area (Å²) in [6.07, 6.45) is -1.20. The number of hydrogen-bond donors (Lipinski definition) is 2. The Hall–Kier alpha value is -2.30. The van der Waals surface area contributed by atoms with Gasteiger partial charge in [0.05, 0.1) is 38.4 Å². The average Bonchev–Trinajstić information content (AvgIpc) is 3.17. The fraction of sp³-hybridized carbons (Fsp3) is 0.235. The molecule has 0 fully saturated rings. The van der Waals surface area contributed by atoms with Crippen molar-refractivity contribution in [1.82, 2.24) is 14.5 Å². The molecule has 0 saturated heterocycles. The lowest BCUT2D eigenvalue weighted by Gasteiger charge is -2.14. The normalized spacial score (nSPS) is 14.1. The Morgan fingerprint density at radius 2 is 2.26 bits per heavy atom. The molecule has 1 unspecified atom stereocenters. The summed E-state index contributed by atoms with van der Waals surface area (Å²) in [7, 11) is 0. The van der Waals surface area contributed by atoms with Crippen molar-refractivity contribution < 1.29 is 24.1 Å².